The molecule has 2 aliphatic rings. The van der Waals surface area contributed by atoms with E-state index in [4.69, 9.17) is 0 Å². The van der Waals surface area contributed by atoms with Gasteiger partial charge in [-0.1, -0.05) is 27.7 Å². The van der Waals surface area contributed by atoms with Crippen LogP contribution in [0.15, 0.2) is 0 Å². The summed E-state index contributed by atoms with van der Waals surface area (Å²) in [7, 11) is 0. The summed E-state index contributed by atoms with van der Waals surface area (Å²) in [5.74, 6) is 0.0343. The normalized spacial score (nSPS) is 29.1. The van der Waals surface area contributed by atoms with Crippen LogP contribution in [0.1, 0.15) is 53.4 Å². The zero-order valence-corrected chi connectivity index (χ0v) is 10.7. The van der Waals surface area contributed by atoms with Gasteiger partial charge in [0.05, 0.1) is 0 Å². The van der Waals surface area contributed by atoms with Crippen molar-refractivity contribution in [2.45, 2.75) is 59.4 Å². The van der Waals surface area contributed by atoms with Crippen molar-refractivity contribution >= 4 is 11.8 Å². The SMILES string of the molecule is CC1(C)CC(N2C(=O)CC2=O)CC(C)(C)C1. The Morgan fingerprint density at radius 1 is 1.00 bits per heavy atom. The molecule has 0 bridgehead atoms. The number of nitrogens with zero attached hydrogens (tertiary/aromatic N) is 1. The molecule has 0 aromatic heterocycles. The van der Waals surface area contributed by atoms with Crippen LogP contribution in [0.5, 0.6) is 0 Å². The van der Waals surface area contributed by atoms with E-state index < -0.39 is 0 Å². The topological polar surface area (TPSA) is 37.4 Å². The van der Waals surface area contributed by atoms with Gasteiger partial charge in [-0.15, -0.1) is 0 Å². The standard InChI is InChI=1S/C13H21NO2/c1-12(2)6-9(7-13(3,4)8-12)14-10(15)5-11(14)16/h9H,5-8H2,1-4H3. The van der Waals surface area contributed by atoms with Crippen LogP contribution in [0.3, 0.4) is 0 Å². The van der Waals surface area contributed by atoms with E-state index >= 15 is 0 Å². The van der Waals surface area contributed by atoms with E-state index in [1.807, 2.05) is 0 Å². The number of rotatable bonds is 1. The molecule has 0 unspecified atom stereocenters. The minimum Gasteiger partial charge on any atom is -0.279 e. The Bertz CT molecular complexity index is 314. The highest BCUT2D eigenvalue weighted by atomic mass is 16.2. The van der Waals surface area contributed by atoms with Crippen LogP contribution in [0.4, 0.5) is 0 Å². The summed E-state index contributed by atoms with van der Waals surface area (Å²) in [6, 6.07) is 0.132. The molecular formula is C13H21NO2. The summed E-state index contributed by atoms with van der Waals surface area (Å²) in [5, 5.41) is 0. The molecule has 1 saturated carbocycles. The third kappa shape index (κ3) is 2.00. The fraction of sp³-hybridized carbons (Fsp3) is 0.846. The van der Waals surface area contributed by atoms with Gasteiger partial charge in [0, 0.05) is 6.04 Å². The average molecular weight is 223 g/mol. The summed E-state index contributed by atoms with van der Waals surface area (Å²) >= 11 is 0. The number of carbonyl (C=O) groups is 2. The first kappa shape index (κ1) is 11.6. The first-order valence-corrected chi connectivity index (χ1v) is 6.05. The monoisotopic (exact) mass is 223 g/mol. The van der Waals surface area contributed by atoms with Crippen molar-refractivity contribution in [1.82, 2.24) is 4.90 Å². The molecule has 0 spiro atoms. The molecule has 1 aliphatic heterocycles. The third-order valence-electron chi connectivity index (χ3n) is 3.74. The van der Waals surface area contributed by atoms with Crippen LogP contribution in [0.25, 0.3) is 0 Å². The summed E-state index contributed by atoms with van der Waals surface area (Å²) in [6.45, 7) is 8.93. The van der Waals surface area contributed by atoms with Crippen molar-refractivity contribution in [2.24, 2.45) is 10.8 Å². The highest BCUT2D eigenvalue weighted by Gasteiger charge is 2.47. The Hall–Kier alpha value is -0.860. The molecule has 2 fully saturated rings. The second-order valence-corrected chi connectivity index (χ2v) is 6.90. The Morgan fingerprint density at radius 2 is 1.44 bits per heavy atom. The molecule has 1 aliphatic carbocycles. The molecule has 16 heavy (non-hydrogen) atoms. The van der Waals surface area contributed by atoms with Gasteiger partial charge in [-0.25, -0.2) is 0 Å². The smallest absolute Gasteiger partial charge is 0.238 e. The lowest BCUT2D eigenvalue weighted by molar-refractivity contribution is -0.163. The Morgan fingerprint density at radius 3 is 1.81 bits per heavy atom. The molecule has 2 rings (SSSR count). The summed E-state index contributed by atoms with van der Waals surface area (Å²) in [4.78, 5) is 24.4. The van der Waals surface area contributed by atoms with Crippen LogP contribution in [0.2, 0.25) is 0 Å². The van der Waals surface area contributed by atoms with Crippen molar-refractivity contribution in [3.8, 4) is 0 Å². The predicted molar refractivity (Wildman–Crippen MR) is 61.7 cm³/mol. The number of likely N-dealkylation sites (tertiary alicyclic amines) is 1. The molecule has 0 atom stereocenters. The van der Waals surface area contributed by atoms with E-state index in [-0.39, 0.29) is 35.1 Å². The van der Waals surface area contributed by atoms with E-state index in [1.54, 1.807) is 0 Å². The van der Waals surface area contributed by atoms with Crippen LogP contribution in [-0.2, 0) is 9.59 Å². The molecule has 90 valence electrons. The minimum atomic E-state index is 0.0171. The summed E-state index contributed by atoms with van der Waals surface area (Å²) in [5.41, 5.74) is 0.450. The van der Waals surface area contributed by atoms with Gasteiger partial charge in [-0.3, -0.25) is 14.5 Å². The van der Waals surface area contributed by atoms with E-state index in [9.17, 15) is 9.59 Å². The molecule has 0 N–H and O–H groups in total. The number of β-lactam (4-membered cyclic amide) rings is 2. The number of carbonyl (C=O) groups excluding carboxylic acids is 2. The molecule has 3 nitrogen and oxygen atoms in total. The Labute approximate surface area is 97.2 Å². The van der Waals surface area contributed by atoms with E-state index in [0.717, 1.165) is 19.3 Å². The molecule has 3 heteroatoms. The van der Waals surface area contributed by atoms with E-state index in [1.165, 1.54) is 4.90 Å². The average Bonchev–Trinajstić information content (AvgIpc) is 1.95. The Balaban J connectivity index is 2.16. The number of hydrogen-bond acceptors (Lipinski definition) is 2. The summed E-state index contributed by atoms with van der Waals surface area (Å²) in [6.07, 6.45) is 3.19. The highest BCUT2D eigenvalue weighted by molar-refractivity contribution is 6.15. The lowest BCUT2D eigenvalue weighted by atomic mass is 9.63. The van der Waals surface area contributed by atoms with Gasteiger partial charge in [-0.2, -0.15) is 0 Å². The molecule has 0 aromatic carbocycles. The first-order valence-electron chi connectivity index (χ1n) is 6.05. The molecule has 0 aromatic rings. The quantitative estimate of drug-likeness (QED) is 0.505. The fourth-order valence-electron chi connectivity index (χ4n) is 3.73. The molecule has 2 amide bonds. The van der Waals surface area contributed by atoms with Gasteiger partial charge in [0.25, 0.3) is 0 Å². The van der Waals surface area contributed by atoms with Gasteiger partial charge in [0.1, 0.15) is 6.42 Å². The van der Waals surface area contributed by atoms with Crippen molar-refractivity contribution < 1.29 is 9.59 Å². The minimum absolute atomic E-state index is 0.0171. The van der Waals surface area contributed by atoms with Gasteiger partial charge < -0.3 is 0 Å². The van der Waals surface area contributed by atoms with Crippen LogP contribution >= 0.6 is 0 Å². The molecular weight excluding hydrogens is 202 g/mol. The number of hydrogen-bond donors (Lipinski definition) is 0. The Kier molecular flexibility index (Phi) is 2.41. The van der Waals surface area contributed by atoms with Gasteiger partial charge in [0.2, 0.25) is 11.8 Å². The second-order valence-electron chi connectivity index (χ2n) is 6.90. The molecule has 1 saturated heterocycles. The maximum atomic E-state index is 11.5. The molecule has 1 heterocycles. The highest BCUT2D eigenvalue weighted by Crippen LogP contribution is 2.47. The lowest BCUT2D eigenvalue weighted by Crippen LogP contribution is -2.58. The lowest BCUT2D eigenvalue weighted by Gasteiger charge is -2.49. The van der Waals surface area contributed by atoms with Gasteiger partial charge >= 0.3 is 0 Å². The van der Waals surface area contributed by atoms with Gasteiger partial charge in [0.15, 0.2) is 0 Å². The maximum Gasteiger partial charge on any atom is 0.238 e. The summed E-state index contributed by atoms with van der Waals surface area (Å²) < 4.78 is 0. The maximum absolute atomic E-state index is 11.5. The van der Waals surface area contributed by atoms with Crippen LogP contribution in [-0.4, -0.2) is 22.8 Å². The van der Waals surface area contributed by atoms with Crippen molar-refractivity contribution in [2.75, 3.05) is 0 Å². The largest absolute Gasteiger partial charge is 0.279 e. The molecule has 0 radical (unpaired) electrons. The van der Waals surface area contributed by atoms with Crippen molar-refractivity contribution in [1.29, 1.82) is 0 Å². The predicted octanol–water partition coefficient (Wildman–Crippen LogP) is 2.35. The number of imide groups is 1. The number of amides is 2. The zero-order chi connectivity index (χ0) is 12.1. The van der Waals surface area contributed by atoms with Gasteiger partial charge in [-0.05, 0) is 30.1 Å². The fourth-order valence-corrected chi connectivity index (χ4v) is 3.73. The van der Waals surface area contributed by atoms with Crippen molar-refractivity contribution in [3.05, 3.63) is 0 Å². The third-order valence-corrected chi connectivity index (χ3v) is 3.74. The zero-order valence-electron chi connectivity index (χ0n) is 10.7. The van der Waals surface area contributed by atoms with Crippen molar-refractivity contribution in [3.63, 3.8) is 0 Å². The second kappa shape index (κ2) is 3.31. The van der Waals surface area contributed by atoms with E-state index in [0.29, 0.717) is 0 Å². The van der Waals surface area contributed by atoms with E-state index in [2.05, 4.69) is 27.7 Å². The van der Waals surface area contributed by atoms with Crippen LogP contribution < -0.4 is 0 Å². The first-order chi connectivity index (χ1) is 7.20. The van der Waals surface area contributed by atoms with Crippen LogP contribution in [0, 0.1) is 10.8 Å².